The molecule has 8 nitrogen and oxygen atoms in total. The highest BCUT2D eigenvalue weighted by atomic mass is 32.1. The number of carbonyl (C=O) groups is 2. The van der Waals surface area contributed by atoms with Crippen LogP contribution >= 0.6 is 11.3 Å². The topological polar surface area (TPSA) is 107 Å². The summed E-state index contributed by atoms with van der Waals surface area (Å²) in [6.07, 6.45) is 1.44. The van der Waals surface area contributed by atoms with Crippen molar-refractivity contribution in [1.29, 1.82) is 5.26 Å². The van der Waals surface area contributed by atoms with Crippen LogP contribution in [0.1, 0.15) is 34.6 Å². The number of benzene rings is 2. The number of nitrogens with zero attached hydrogens (tertiary/aromatic N) is 1. The molecule has 37 heavy (non-hydrogen) atoms. The molecule has 3 aromatic rings. The van der Waals surface area contributed by atoms with Crippen LogP contribution in [0.4, 0.5) is 5.00 Å². The molecule has 0 saturated heterocycles. The lowest BCUT2D eigenvalue weighted by atomic mass is 10.0. The molecule has 1 aromatic heterocycles. The highest BCUT2D eigenvalue weighted by Gasteiger charge is 2.26. The van der Waals surface area contributed by atoms with Gasteiger partial charge in [-0.15, -0.1) is 11.3 Å². The Bertz CT molecular complexity index is 1350. The van der Waals surface area contributed by atoms with E-state index >= 15 is 0 Å². The molecule has 1 heterocycles. The molecular weight excluding hydrogens is 492 g/mol. The number of amides is 1. The van der Waals surface area contributed by atoms with Gasteiger partial charge in [0.05, 0.1) is 27.4 Å². The normalized spacial score (nSPS) is 10.9. The summed E-state index contributed by atoms with van der Waals surface area (Å²) in [5, 5.41) is 12.7. The van der Waals surface area contributed by atoms with Crippen molar-refractivity contribution < 1.29 is 28.5 Å². The van der Waals surface area contributed by atoms with Crippen LogP contribution in [0.15, 0.2) is 48.0 Å². The van der Waals surface area contributed by atoms with Crippen molar-refractivity contribution in [3.8, 4) is 34.4 Å². The minimum Gasteiger partial charge on any atom is -0.494 e. The van der Waals surface area contributed by atoms with Crippen LogP contribution in [-0.2, 0) is 9.53 Å². The minimum atomic E-state index is -0.653. The van der Waals surface area contributed by atoms with Crippen molar-refractivity contribution in [3.05, 3.63) is 64.0 Å². The maximum atomic E-state index is 13.1. The molecule has 0 radical (unpaired) electrons. The summed E-state index contributed by atoms with van der Waals surface area (Å²) < 4.78 is 21.4. The number of hydrogen-bond acceptors (Lipinski definition) is 8. The molecule has 3 rings (SSSR count). The first-order chi connectivity index (χ1) is 17.9. The van der Waals surface area contributed by atoms with E-state index in [9.17, 15) is 14.9 Å². The summed E-state index contributed by atoms with van der Waals surface area (Å²) >= 11 is 1.23. The summed E-state index contributed by atoms with van der Waals surface area (Å²) in [4.78, 5) is 26.7. The van der Waals surface area contributed by atoms with Crippen LogP contribution in [0.2, 0.25) is 0 Å². The molecule has 0 saturated carbocycles. The summed E-state index contributed by atoms with van der Waals surface area (Å²) in [6.45, 7) is 6.63. The molecule has 0 unspecified atom stereocenters. The molecule has 192 valence electrons. The van der Waals surface area contributed by atoms with Gasteiger partial charge in [0, 0.05) is 10.4 Å². The van der Waals surface area contributed by atoms with Gasteiger partial charge < -0.3 is 24.3 Å². The molecule has 0 spiro atoms. The lowest BCUT2D eigenvalue weighted by molar-refractivity contribution is -0.112. The van der Waals surface area contributed by atoms with Gasteiger partial charge in [0.25, 0.3) is 5.91 Å². The second kappa shape index (κ2) is 12.6. The molecule has 0 fully saturated rings. The smallest absolute Gasteiger partial charge is 0.341 e. The highest BCUT2D eigenvalue weighted by molar-refractivity contribution is 7.17. The highest BCUT2D eigenvalue weighted by Crippen LogP contribution is 2.41. The van der Waals surface area contributed by atoms with Crippen LogP contribution < -0.4 is 19.5 Å². The van der Waals surface area contributed by atoms with Crippen LogP contribution in [0, 0.1) is 18.3 Å². The van der Waals surface area contributed by atoms with E-state index < -0.39 is 11.9 Å². The van der Waals surface area contributed by atoms with Crippen LogP contribution in [0.5, 0.6) is 17.2 Å². The lowest BCUT2D eigenvalue weighted by Gasteiger charge is -2.10. The number of esters is 1. The number of carbonyl (C=O) groups excluding carboxylic acids is 2. The fourth-order valence-electron chi connectivity index (χ4n) is 3.70. The zero-order valence-corrected chi connectivity index (χ0v) is 22.2. The van der Waals surface area contributed by atoms with E-state index in [2.05, 4.69) is 5.32 Å². The first-order valence-corrected chi connectivity index (χ1v) is 12.4. The molecule has 2 aromatic carbocycles. The molecule has 9 heteroatoms. The van der Waals surface area contributed by atoms with E-state index in [0.717, 1.165) is 10.4 Å². The fourth-order valence-corrected chi connectivity index (χ4v) is 4.76. The van der Waals surface area contributed by atoms with E-state index in [-0.39, 0.29) is 11.1 Å². The van der Waals surface area contributed by atoms with Gasteiger partial charge in [-0.2, -0.15) is 5.26 Å². The largest absolute Gasteiger partial charge is 0.494 e. The third kappa shape index (κ3) is 6.29. The Balaban J connectivity index is 1.96. The molecular formula is C28H28N2O6S. The van der Waals surface area contributed by atoms with Gasteiger partial charge >= 0.3 is 5.97 Å². The van der Waals surface area contributed by atoms with Crippen molar-refractivity contribution in [1.82, 2.24) is 0 Å². The van der Waals surface area contributed by atoms with Crippen molar-refractivity contribution in [3.63, 3.8) is 0 Å². The van der Waals surface area contributed by atoms with Gasteiger partial charge in [0.15, 0.2) is 11.5 Å². The van der Waals surface area contributed by atoms with Crippen molar-refractivity contribution >= 4 is 34.3 Å². The summed E-state index contributed by atoms with van der Waals surface area (Å²) in [6, 6.07) is 14.4. The Morgan fingerprint density at radius 2 is 1.73 bits per heavy atom. The van der Waals surface area contributed by atoms with Crippen LogP contribution in [-0.4, -0.2) is 39.3 Å². The fraction of sp³-hybridized carbons (Fsp3) is 0.250. The monoisotopic (exact) mass is 520 g/mol. The predicted molar refractivity (Wildman–Crippen MR) is 143 cm³/mol. The molecule has 0 atom stereocenters. The van der Waals surface area contributed by atoms with E-state index in [1.807, 2.05) is 51.1 Å². The van der Waals surface area contributed by atoms with Gasteiger partial charge in [-0.3, -0.25) is 4.79 Å². The Morgan fingerprint density at radius 3 is 2.32 bits per heavy atom. The van der Waals surface area contributed by atoms with Gasteiger partial charge in [-0.1, -0.05) is 18.2 Å². The second-order valence-corrected chi connectivity index (χ2v) is 8.88. The average molecular weight is 521 g/mol. The molecule has 0 bridgehead atoms. The number of aryl methyl sites for hydroxylation is 1. The maximum Gasteiger partial charge on any atom is 0.341 e. The van der Waals surface area contributed by atoms with Gasteiger partial charge in [-0.05, 0) is 62.2 Å². The first-order valence-electron chi connectivity index (χ1n) is 11.6. The number of nitrogens with one attached hydrogen (secondary N) is 1. The third-order valence-electron chi connectivity index (χ3n) is 5.32. The van der Waals surface area contributed by atoms with Crippen molar-refractivity contribution in [2.75, 3.05) is 32.8 Å². The zero-order valence-electron chi connectivity index (χ0n) is 21.3. The van der Waals surface area contributed by atoms with Crippen LogP contribution in [0.25, 0.3) is 17.2 Å². The van der Waals surface area contributed by atoms with E-state index in [1.165, 1.54) is 31.6 Å². The molecule has 1 N–H and O–H groups in total. The maximum absolute atomic E-state index is 13.1. The second-order valence-electron chi connectivity index (χ2n) is 7.65. The van der Waals surface area contributed by atoms with E-state index in [4.69, 9.17) is 18.9 Å². The number of hydrogen-bond donors (Lipinski definition) is 1. The Kier molecular flexibility index (Phi) is 9.30. The first kappa shape index (κ1) is 27.3. The number of rotatable bonds is 10. The predicted octanol–water partition coefficient (Wildman–Crippen LogP) is 5.86. The van der Waals surface area contributed by atoms with Gasteiger partial charge in [-0.25, -0.2) is 4.79 Å². The Hall–Kier alpha value is -4.29. The number of anilines is 1. The summed E-state index contributed by atoms with van der Waals surface area (Å²) in [5.74, 6) is 0.503. The Labute approximate surface area is 220 Å². The average Bonchev–Trinajstić information content (AvgIpc) is 3.23. The van der Waals surface area contributed by atoms with Crippen molar-refractivity contribution in [2.45, 2.75) is 20.8 Å². The van der Waals surface area contributed by atoms with Crippen molar-refractivity contribution in [2.24, 2.45) is 0 Å². The third-order valence-corrected chi connectivity index (χ3v) is 6.34. The number of ether oxygens (including phenoxy) is 4. The Morgan fingerprint density at radius 1 is 1.03 bits per heavy atom. The molecule has 0 aliphatic carbocycles. The zero-order chi connectivity index (χ0) is 26.9. The minimum absolute atomic E-state index is 0.143. The van der Waals surface area contributed by atoms with Crippen LogP contribution in [0.3, 0.4) is 0 Å². The van der Waals surface area contributed by atoms with E-state index in [1.54, 1.807) is 18.2 Å². The standard InChI is InChI=1S/C28H28N2O6S/c1-6-35-21-11-9-19(10-12-21)24-17(3)37-27(25(24)28(32)34-5)30-26(31)20(16-29)14-18-8-13-22(36-7-2)23(15-18)33-4/h8-15H,6-7H2,1-5H3,(H,30,31). The molecule has 0 aliphatic heterocycles. The lowest BCUT2D eigenvalue weighted by Crippen LogP contribution is -2.15. The summed E-state index contributed by atoms with van der Waals surface area (Å²) in [7, 11) is 2.79. The van der Waals surface area contributed by atoms with Gasteiger partial charge in [0.1, 0.15) is 28.0 Å². The number of thiophene rings is 1. The molecule has 1 amide bonds. The number of methoxy groups -OCH3 is 2. The van der Waals surface area contributed by atoms with E-state index in [0.29, 0.717) is 46.6 Å². The quantitative estimate of drug-likeness (QED) is 0.203. The SMILES string of the molecule is CCOc1ccc(-c2c(C)sc(NC(=O)C(C#N)=Cc3ccc(OCC)c(OC)c3)c2C(=O)OC)cc1. The molecule has 0 aliphatic rings. The summed E-state index contributed by atoms with van der Waals surface area (Å²) in [5.41, 5.74) is 2.08. The number of nitriles is 1. The van der Waals surface area contributed by atoms with Gasteiger partial charge in [0.2, 0.25) is 0 Å².